The highest BCUT2D eigenvalue weighted by Gasteiger charge is 2.12. The van der Waals surface area contributed by atoms with Gasteiger partial charge in [0.05, 0.1) is 6.10 Å². The molecule has 0 spiro atoms. The van der Waals surface area contributed by atoms with Crippen LogP contribution in [0.15, 0.2) is 18.2 Å². The zero-order chi connectivity index (χ0) is 12.3. The Hall–Kier alpha value is -1.38. The van der Waals surface area contributed by atoms with Crippen LogP contribution in [0.2, 0.25) is 0 Å². The average Bonchev–Trinajstić information content (AvgIpc) is 2.28. The van der Waals surface area contributed by atoms with E-state index in [9.17, 15) is 0 Å². The summed E-state index contributed by atoms with van der Waals surface area (Å²) in [6.07, 6.45) is 4.07. The lowest BCUT2D eigenvalue weighted by molar-refractivity contribution is 0.242. The van der Waals surface area contributed by atoms with Crippen molar-refractivity contribution in [1.82, 2.24) is 0 Å². The monoisotopic (exact) mass is 234 g/mol. The number of hydrogen-bond acceptors (Lipinski definition) is 3. The van der Waals surface area contributed by atoms with Crippen molar-refractivity contribution < 1.29 is 4.74 Å². The minimum absolute atomic E-state index is 0.186. The van der Waals surface area contributed by atoms with Gasteiger partial charge in [0.1, 0.15) is 5.75 Å². The number of rotatable bonds is 3. The maximum absolute atomic E-state index is 5.94. The molecule has 1 fully saturated rings. The largest absolute Gasteiger partial charge is 0.491 e. The van der Waals surface area contributed by atoms with E-state index in [4.69, 9.17) is 10.5 Å². The lowest BCUT2D eigenvalue weighted by atomic mass is 10.1. The zero-order valence-electron chi connectivity index (χ0n) is 10.8. The van der Waals surface area contributed by atoms with Crippen LogP contribution in [0.1, 0.15) is 33.1 Å². The summed E-state index contributed by atoms with van der Waals surface area (Å²) >= 11 is 0. The number of benzene rings is 1. The molecular formula is C14H22N2O. The number of nitrogens with zero attached hydrogens (tertiary/aromatic N) is 1. The molecule has 0 bridgehead atoms. The van der Waals surface area contributed by atoms with Crippen LogP contribution in [0.4, 0.5) is 11.4 Å². The molecule has 0 unspecified atom stereocenters. The molecule has 0 atom stereocenters. The van der Waals surface area contributed by atoms with Gasteiger partial charge in [-0.1, -0.05) is 0 Å². The molecule has 2 N–H and O–H groups in total. The van der Waals surface area contributed by atoms with Crippen LogP contribution in [0, 0.1) is 0 Å². The van der Waals surface area contributed by atoms with Crippen LogP contribution in [-0.4, -0.2) is 19.2 Å². The maximum atomic E-state index is 5.94. The number of nitrogen functional groups attached to an aromatic ring is 1. The first-order valence-corrected chi connectivity index (χ1v) is 6.47. The fourth-order valence-corrected chi connectivity index (χ4v) is 2.28. The molecule has 2 rings (SSSR count). The van der Waals surface area contributed by atoms with Gasteiger partial charge in [-0.15, -0.1) is 0 Å². The molecule has 1 aromatic rings. The van der Waals surface area contributed by atoms with E-state index in [0.717, 1.165) is 24.5 Å². The Bertz CT molecular complexity index is 370. The molecule has 94 valence electrons. The Balaban J connectivity index is 2.18. The Kier molecular flexibility index (Phi) is 3.77. The summed E-state index contributed by atoms with van der Waals surface area (Å²) in [6.45, 7) is 6.32. The van der Waals surface area contributed by atoms with Crippen LogP contribution < -0.4 is 15.4 Å². The summed E-state index contributed by atoms with van der Waals surface area (Å²) in [4.78, 5) is 2.40. The van der Waals surface area contributed by atoms with Crippen molar-refractivity contribution in [3.05, 3.63) is 18.2 Å². The second-order valence-corrected chi connectivity index (χ2v) is 4.97. The summed E-state index contributed by atoms with van der Waals surface area (Å²) in [6, 6.07) is 6.04. The Labute approximate surface area is 104 Å². The molecule has 17 heavy (non-hydrogen) atoms. The Morgan fingerprint density at radius 1 is 1.12 bits per heavy atom. The maximum Gasteiger partial charge on any atom is 0.123 e. The highest BCUT2D eigenvalue weighted by atomic mass is 16.5. The van der Waals surface area contributed by atoms with Crippen LogP contribution in [0.25, 0.3) is 0 Å². The van der Waals surface area contributed by atoms with Crippen molar-refractivity contribution in [3.8, 4) is 5.75 Å². The van der Waals surface area contributed by atoms with Gasteiger partial charge in [0.25, 0.3) is 0 Å². The second kappa shape index (κ2) is 5.30. The highest BCUT2D eigenvalue weighted by Crippen LogP contribution is 2.28. The van der Waals surface area contributed by atoms with E-state index in [0.29, 0.717) is 0 Å². The van der Waals surface area contributed by atoms with Gasteiger partial charge in [0.2, 0.25) is 0 Å². The van der Waals surface area contributed by atoms with Gasteiger partial charge in [-0.05, 0) is 39.2 Å². The third kappa shape index (κ3) is 3.29. The number of anilines is 2. The van der Waals surface area contributed by atoms with Crippen molar-refractivity contribution in [1.29, 1.82) is 0 Å². The first-order valence-electron chi connectivity index (χ1n) is 6.47. The first-order chi connectivity index (χ1) is 8.15. The molecule has 1 heterocycles. The van der Waals surface area contributed by atoms with E-state index in [-0.39, 0.29) is 6.10 Å². The van der Waals surface area contributed by atoms with Crippen molar-refractivity contribution >= 4 is 11.4 Å². The van der Waals surface area contributed by atoms with Crippen molar-refractivity contribution in [2.24, 2.45) is 0 Å². The third-order valence-electron chi connectivity index (χ3n) is 3.01. The van der Waals surface area contributed by atoms with E-state index in [1.165, 1.54) is 24.9 Å². The van der Waals surface area contributed by atoms with Crippen LogP contribution in [0.5, 0.6) is 5.75 Å². The third-order valence-corrected chi connectivity index (χ3v) is 3.01. The van der Waals surface area contributed by atoms with Crippen molar-refractivity contribution in [2.75, 3.05) is 23.7 Å². The van der Waals surface area contributed by atoms with E-state index < -0.39 is 0 Å². The predicted octanol–water partition coefficient (Wildman–Crippen LogP) is 3.05. The Morgan fingerprint density at radius 3 is 2.47 bits per heavy atom. The van der Waals surface area contributed by atoms with E-state index in [1.54, 1.807) is 0 Å². The second-order valence-electron chi connectivity index (χ2n) is 4.97. The lowest BCUT2D eigenvalue weighted by Gasteiger charge is -2.29. The fourth-order valence-electron chi connectivity index (χ4n) is 2.28. The summed E-state index contributed by atoms with van der Waals surface area (Å²) in [5, 5.41) is 0. The summed E-state index contributed by atoms with van der Waals surface area (Å²) in [5.74, 6) is 0.876. The summed E-state index contributed by atoms with van der Waals surface area (Å²) in [5.41, 5.74) is 7.91. The van der Waals surface area contributed by atoms with Gasteiger partial charge in [-0.25, -0.2) is 0 Å². The molecule has 1 saturated heterocycles. The minimum atomic E-state index is 0.186. The van der Waals surface area contributed by atoms with E-state index in [1.807, 2.05) is 26.0 Å². The van der Waals surface area contributed by atoms with Crippen LogP contribution in [-0.2, 0) is 0 Å². The molecule has 0 saturated carbocycles. The molecule has 0 amide bonds. The van der Waals surface area contributed by atoms with Crippen LogP contribution in [0.3, 0.4) is 0 Å². The molecule has 0 radical (unpaired) electrons. The zero-order valence-corrected chi connectivity index (χ0v) is 10.8. The fraction of sp³-hybridized carbons (Fsp3) is 0.571. The number of piperidine rings is 1. The summed E-state index contributed by atoms with van der Waals surface area (Å²) in [7, 11) is 0. The molecule has 1 aliphatic rings. The quantitative estimate of drug-likeness (QED) is 0.817. The van der Waals surface area contributed by atoms with Crippen molar-refractivity contribution in [3.63, 3.8) is 0 Å². The van der Waals surface area contributed by atoms with E-state index >= 15 is 0 Å². The van der Waals surface area contributed by atoms with Crippen LogP contribution >= 0.6 is 0 Å². The topological polar surface area (TPSA) is 38.5 Å². The molecule has 0 aliphatic carbocycles. The standard InChI is InChI=1S/C14H22N2O/c1-11(2)17-14-9-12(15)8-13(10-14)16-6-4-3-5-7-16/h8-11H,3-7,15H2,1-2H3. The first kappa shape index (κ1) is 12.1. The minimum Gasteiger partial charge on any atom is -0.491 e. The average molecular weight is 234 g/mol. The van der Waals surface area contributed by atoms with Gasteiger partial charge in [0.15, 0.2) is 0 Å². The lowest BCUT2D eigenvalue weighted by Crippen LogP contribution is -2.29. The molecule has 3 heteroatoms. The SMILES string of the molecule is CC(C)Oc1cc(N)cc(N2CCCCC2)c1. The van der Waals surface area contributed by atoms with Gasteiger partial charge >= 0.3 is 0 Å². The smallest absolute Gasteiger partial charge is 0.123 e. The Morgan fingerprint density at radius 2 is 1.82 bits per heavy atom. The number of hydrogen-bond donors (Lipinski definition) is 1. The molecule has 3 nitrogen and oxygen atoms in total. The molecule has 1 aliphatic heterocycles. The normalized spacial score (nSPS) is 16.3. The predicted molar refractivity (Wildman–Crippen MR) is 72.7 cm³/mol. The highest BCUT2D eigenvalue weighted by molar-refractivity contribution is 5.60. The van der Waals surface area contributed by atoms with Gasteiger partial charge in [0, 0.05) is 36.6 Å². The molecule has 0 aromatic heterocycles. The molecular weight excluding hydrogens is 212 g/mol. The molecule has 1 aromatic carbocycles. The van der Waals surface area contributed by atoms with Gasteiger partial charge in [-0.3, -0.25) is 0 Å². The number of ether oxygens (including phenoxy) is 1. The van der Waals surface area contributed by atoms with Gasteiger partial charge < -0.3 is 15.4 Å². The van der Waals surface area contributed by atoms with Crippen molar-refractivity contribution in [2.45, 2.75) is 39.2 Å². The van der Waals surface area contributed by atoms with Gasteiger partial charge in [-0.2, -0.15) is 0 Å². The summed E-state index contributed by atoms with van der Waals surface area (Å²) < 4.78 is 5.72. The van der Waals surface area contributed by atoms with E-state index in [2.05, 4.69) is 11.0 Å². The number of nitrogens with two attached hydrogens (primary N) is 1.